The molecule has 3 rings (SSSR count). The first kappa shape index (κ1) is 10.5. The summed E-state index contributed by atoms with van der Waals surface area (Å²) in [5, 5.41) is 0. The minimum Gasteiger partial charge on any atom is -0.465 e. The Morgan fingerprint density at radius 2 is 2.22 bits per heavy atom. The summed E-state index contributed by atoms with van der Waals surface area (Å²) >= 11 is 0. The number of pyridine rings is 1. The first-order valence-electron chi connectivity index (χ1n) is 5.14. The van der Waals surface area contributed by atoms with Crippen molar-refractivity contribution in [3.63, 3.8) is 0 Å². The molecular formula is C11H8N4O3. The van der Waals surface area contributed by atoms with Gasteiger partial charge in [-0.2, -0.15) is 0 Å². The van der Waals surface area contributed by atoms with Gasteiger partial charge in [0.2, 0.25) is 5.65 Å². The van der Waals surface area contributed by atoms with Crippen LogP contribution in [0, 0.1) is 0 Å². The van der Waals surface area contributed by atoms with Crippen molar-refractivity contribution in [3.05, 3.63) is 40.6 Å². The summed E-state index contributed by atoms with van der Waals surface area (Å²) in [7, 11) is 1.29. The molecule has 3 aromatic heterocycles. The zero-order valence-electron chi connectivity index (χ0n) is 9.38. The van der Waals surface area contributed by atoms with Crippen LogP contribution in [0.4, 0.5) is 0 Å². The smallest absolute Gasteiger partial charge is 0.339 e. The lowest BCUT2D eigenvalue weighted by Gasteiger charge is -2.03. The fourth-order valence-electron chi connectivity index (χ4n) is 1.79. The monoisotopic (exact) mass is 244 g/mol. The summed E-state index contributed by atoms with van der Waals surface area (Å²) in [4.78, 5) is 33.8. The number of H-pyrrole nitrogens is 1. The zero-order chi connectivity index (χ0) is 12.7. The number of imidazole rings is 1. The van der Waals surface area contributed by atoms with E-state index in [4.69, 9.17) is 0 Å². The van der Waals surface area contributed by atoms with Crippen LogP contribution in [0.5, 0.6) is 0 Å². The van der Waals surface area contributed by atoms with E-state index in [2.05, 4.69) is 19.7 Å². The van der Waals surface area contributed by atoms with Crippen LogP contribution in [-0.4, -0.2) is 32.4 Å². The van der Waals surface area contributed by atoms with Crippen LogP contribution in [0.2, 0.25) is 0 Å². The number of rotatable bonds is 1. The van der Waals surface area contributed by atoms with Crippen molar-refractivity contribution in [3.8, 4) is 0 Å². The molecule has 0 fully saturated rings. The molecule has 0 saturated carbocycles. The van der Waals surface area contributed by atoms with E-state index in [1.807, 2.05) is 0 Å². The van der Waals surface area contributed by atoms with Crippen LogP contribution in [0.1, 0.15) is 10.4 Å². The predicted octanol–water partition coefficient (Wildman–Crippen LogP) is 0.357. The molecule has 0 aromatic carbocycles. The molecule has 0 bridgehead atoms. The molecule has 18 heavy (non-hydrogen) atoms. The highest BCUT2D eigenvalue weighted by molar-refractivity contribution is 5.92. The molecule has 0 atom stereocenters. The maximum Gasteiger partial charge on any atom is 0.339 e. The van der Waals surface area contributed by atoms with Gasteiger partial charge in [0.25, 0.3) is 5.56 Å². The highest BCUT2D eigenvalue weighted by Gasteiger charge is 2.11. The van der Waals surface area contributed by atoms with Gasteiger partial charge in [-0.05, 0) is 6.07 Å². The van der Waals surface area contributed by atoms with E-state index in [1.165, 1.54) is 25.6 Å². The lowest BCUT2D eigenvalue weighted by atomic mass is 10.2. The summed E-state index contributed by atoms with van der Waals surface area (Å²) in [6, 6.07) is 1.52. The maximum absolute atomic E-state index is 11.7. The van der Waals surface area contributed by atoms with Crippen molar-refractivity contribution >= 4 is 22.8 Å². The molecule has 0 aliphatic carbocycles. The van der Waals surface area contributed by atoms with Crippen molar-refractivity contribution < 1.29 is 9.53 Å². The van der Waals surface area contributed by atoms with Crippen LogP contribution in [-0.2, 0) is 4.74 Å². The standard InChI is InChI=1S/C11H8N4O3/c1-18-11(17)6-4-7-8(13-5-6)15-3-2-12-9(15)10(16)14-7/h2-5H,1H3,(H,14,16). The number of aromatic nitrogens is 4. The minimum atomic E-state index is -0.504. The summed E-state index contributed by atoms with van der Waals surface area (Å²) < 4.78 is 6.16. The van der Waals surface area contributed by atoms with Crippen molar-refractivity contribution in [1.82, 2.24) is 19.4 Å². The number of aromatic amines is 1. The number of carbonyl (C=O) groups excluding carboxylic acids is 1. The molecule has 0 aliphatic heterocycles. The second kappa shape index (κ2) is 3.66. The molecule has 0 saturated heterocycles. The van der Waals surface area contributed by atoms with Gasteiger partial charge >= 0.3 is 5.97 Å². The Labute approximate surface area is 100 Å². The molecule has 0 amide bonds. The average Bonchev–Trinajstić information content (AvgIpc) is 2.87. The van der Waals surface area contributed by atoms with Crippen molar-refractivity contribution in [1.29, 1.82) is 0 Å². The number of carbonyl (C=O) groups is 1. The van der Waals surface area contributed by atoms with Crippen LogP contribution < -0.4 is 5.56 Å². The fourth-order valence-corrected chi connectivity index (χ4v) is 1.79. The lowest BCUT2D eigenvalue weighted by molar-refractivity contribution is 0.0600. The topological polar surface area (TPSA) is 89.3 Å². The maximum atomic E-state index is 11.7. The van der Waals surface area contributed by atoms with Crippen LogP contribution in [0.25, 0.3) is 16.8 Å². The van der Waals surface area contributed by atoms with Crippen LogP contribution in [0.3, 0.4) is 0 Å². The number of nitrogens with one attached hydrogen (secondary N) is 1. The first-order valence-corrected chi connectivity index (χ1v) is 5.14. The summed E-state index contributed by atoms with van der Waals surface area (Å²) in [5.74, 6) is -0.504. The summed E-state index contributed by atoms with van der Waals surface area (Å²) in [5.41, 5.74) is 1.18. The normalized spacial score (nSPS) is 10.9. The molecule has 1 N–H and O–H groups in total. The molecule has 90 valence electrons. The highest BCUT2D eigenvalue weighted by Crippen LogP contribution is 2.11. The Morgan fingerprint density at radius 1 is 1.39 bits per heavy atom. The van der Waals surface area contributed by atoms with Gasteiger partial charge in [-0.25, -0.2) is 14.8 Å². The molecule has 7 nitrogen and oxygen atoms in total. The van der Waals surface area contributed by atoms with E-state index in [1.54, 1.807) is 10.6 Å². The number of ether oxygens (including phenoxy) is 1. The predicted molar refractivity (Wildman–Crippen MR) is 62.5 cm³/mol. The second-order valence-electron chi connectivity index (χ2n) is 3.66. The quantitative estimate of drug-likeness (QED) is 0.624. The van der Waals surface area contributed by atoms with Gasteiger partial charge in [0.1, 0.15) is 0 Å². The molecular weight excluding hydrogens is 236 g/mol. The zero-order valence-corrected chi connectivity index (χ0v) is 9.38. The number of nitrogens with zero attached hydrogens (tertiary/aromatic N) is 3. The third kappa shape index (κ3) is 1.37. The van der Waals surface area contributed by atoms with Crippen molar-refractivity contribution in [2.45, 2.75) is 0 Å². The fraction of sp³-hybridized carbons (Fsp3) is 0.0909. The van der Waals surface area contributed by atoms with Crippen LogP contribution in [0.15, 0.2) is 29.5 Å². The molecule has 0 radical (unpaired) electrons. The summed E-state index contributed by atoms with van der Waals surface area (Å²) in [6.45, 7) is 0. The lowest BCUT2D eigenvalue weighted by Crippen LogP contribution is -2.12. The summed E-state index contributed by atoms with van der Waals surface area (Å²) in [6.07, 6.45) is 4.55. The molecule has 3 heterocycles. The number of methoxy groups -OCH3 is 1. The Balaban J connectivity index is 2.39. The third-order valence-electron chi connectivity index (χ3n) is 2.61. The van der Waals surface area contributed by atoms with E-state index in [9.17, 15) is 9.59 Å². The van der Waals surface area contributed by atoms with Gasteiger partial charge in [0.05, 0.1) is 18.2 Å². The third-order valence-corrected chi connectivity index (χ3v) is 2.61. The van der Waals surface area contributed by atoms with Crippen molar-refractivity contribution in [2.75, 3.05) is 7.11 Å². The Hall–Kier alpha value is -2.70. The van der Waals surface area contributed by atoms with Gasteiger partial charge < -0.3 is 9.72 Å². The van der Waals surface area contributed by atoms with E-state index in [0.29, 0.717) is 11.2 Å². The number of fused-ring (bicyclic) bond motifs is 3. The Morgan fingerprint density at radius 3 is 3.00 bits per heavy atom. The Bertz CT molecular complexity index is 818. The number of hydrogen-bond donors (Lipinski definition) is 1. The molecule has 3 aromatic rings. The average molecular weight is 244 g/mol. The highest BCUT2D eigenvalue weighted by atomic mass is 16.5. The van der Waals surface area contributed by atoms with E-state index in [0.717, 1.165) is 0 Å². The van der Waals surface area contributed by atoms with Gasteiger partial charge in [0, 0.05) is 18.6 Å². The second-order valence-corrected chi connectivity index (χ2v) is 3.66. The number of hydrogen-bond acceptors (Lipinski definition) is 5. The van der Waals surface area contributed by atoms with E-state index < -0.39 is 5.97 Å². The largest absolute Gasteiger partial charge is 0.465 e. The molecule has 0 unspecified atom stereocenters. The number of esters is 1. The minimum absolute atomic E-state index is 0.265. The van der Waals surface area contributed by atoms with E-state index in [-0.39, 0.29) is 16.8 Å². The molecule has 0 spiro atoms. The Kier molecular flexibility index (Phi) is 2.12. The molecule has 7 heteroatoms. The van der Waals surface area contributed by atoms with Crippen LogP contribution >= 0.6 is 0 Å². The van der Waals surface area contributed by atoms with Crippen molar-refractivity contribution in [2.24, 2.45) is 0 Å². The van der Waals surface area contributed by atoms with Gasteiger partial charge in [-0.1, -0.05) is 0 Å². The van der Waals surface area contributed by atoms with Gasteiger partial charge in [0.15, 0.2) is 5.65 Å². The van der Waals surface area contributed by atoms with Gasteiger partial charge in [-0.3, -0.25) is 9.20 Å². The molecule has 0 aliphatic rings. The first-order chi connectivity index (χ1) is 8.70. The SMILES string of the molecule is COC(=O)c1cnc2c(c1)[nH]c(=O)c1nccn12. The van der Waals surface area contributed by atoms with Gasteiger partial charge in [-0.15, -0.1) is 0 Å². The van der Waals surface area contributed by atoms with E-state index >= 15 is 0 Å².